The molecule has 0 amide bonds. The van der Waals surface area contributed by atoms with Crippen molar-refractivity contribution >= 4 is 10.0 Å². The topological polar surface area (TPSA) is 82.3 Å². The van der Waals surface area contributed by atoms with Crippen LogP contribution in [-0.4, -0.2) is 20.5 Å². The van der Waals surface area contributed by atoms with Crippen molar-refractivity contribution in [2.45, 2.75) is 18.2 Å². The number of halogens is 2. The van der Waals surface area contributed by atoms with Crippen LogP contribution < -0.4 is 9.88 Å². The third-order valence-electron chi connectivity index (χ3n) is 1.94. The molecule has 2 N–H and O–H groups in total. The highest BCUT2D eigenvalue weighted by Gasteiger charge is 2.28. The maximum atomic E-state index is 12.7. The van der Waals surface area contributed by atoms with Gasteiger partial charge in [0, 0.05) is 11.8 Å². The van der Waals surface area contributed by atoms with E-state index < -0.39 is 32.8 Å². The number of hydrogen-bond donors (Lipinski definition) is 1. The van der Waals surface area contributed by atoms with Gasteiger partial charge in [-0.25, -0.2) is 27.3 Å². The second-order valence-corrected chi connectivity index (χ2v) is 4.54. The zero-order valence-corrected chi connectivity index (χ0v) is 9.38. The van der Waals surface area contributed by atoms with Crippen LogP contribution in [0.25, 0.3) is 0 Å². The number of aromatic nitrogens is 1. The van der Waals surface area contributed by atoms with Gasteiger partial charge in [0.05, 0.1) is 7.11 Å². The Kier molecular flexibility index (Phi) is 3.44. The van der Waals surface area contributed by atoms with Crippen molar-refractivity contribution in [3.8, 4) is 5.88 Å². The lowest BCUT2D eigenvalue weighted by Crippen LogP contribution is -2.17. The molecule has 8 heteroatoms. The Morgan fingerprint density at radius 1 is 1.50 bits per heavy atom. The number of primary sulfonamides is 1. The van der Waals surface area contributed by atoms with Gasteiger partial charge in [-0.2, -0.15) is 0 Å². The van der Waals surface area contributed by atoms with E-state index in [-0.39, 0.29) is 5.56 Å². The summed E-state index contributed by atoms with van der Waals surface area (Å²) >= 11 is 0. The first-order valence-corrected chi connectivity index (χ1v) is 5.68. The maximum absolute atomic E-state index is 12.7. The van der Waals surface area contributed by atoms with E-state index >= 15 is 0 Å². The molecule has 0 bridgehead atoms. The van der Waals surface area contributed by atoms with Crippen LogP contribution in [0.4, 0.5) is 8.78 Å². The lowest BCUT2D eigenvalue weighted by molar-refractivity contribution is 0.146. The molecule has 1 aromatic rings. The monoisotopic (exact) mass is 252 g/mol. The average Bonchev–Trinajstić information content (AvgIpc) is 2.15. The number of nitrogens with zero attached hydrogens (tertiary/aromatic N) is 1. The Bertz CT molecular complexity index is 502. The summed E-state index contributed by atoms with van der Waals surface area (Å²) in [7, 11) is -3.18. The number of rotatable bonds is 3. The highest BCUT2D eigenvalue weighted by Crippen LogP contribution is 2.33. The standard InChI is InChI=1S/C8H10F2N2O3S/c1-4-3-12-8(15-2)6(16(11,13)14)5(4)7(9)10/h3,7H,1-2H3,(H2,11,13,14). The first-order chi connectivity index (χ1) is 7.29. The minimum atomic E-state index is -4.31. The molecule has 0 saturated heterocycles. The normalized spacial score (nSPS) is 11.9. The summed E-state index contributed by atoms with van der Waals surface area (Å²) in [6.45, 7) is 1.32. The second-order valence-electron chi connectivity index (χ2n) is 3.04. The molecule has 0 fully saturated rings. The number of nitrogens with two attached hydrogens (primary N) is 1. The molecule has 1 heterocycles. The molecular formula is C8H10F2N2O3S. The molecule has 0 aliphatic heterocycles. The smallest absolute Gasteiger partial charge is 0.265 e. The summed E-state index contributed by atoms with van der Waals surface area (Å²) in [5.74, 6) is -0.427. The number of hydrogen-bond acceptors (Lipinski definition) is 4. The third-order valence-corrected chi connectivity index (χ3v) is 2.90. The zero-order valence-electron chi connectivity index (χ0n) is 8.57. The Balaban J connectivity index is 3.70. The third kappa shape index (κ3) is 2.27. The number of alkyl halides is 2. The number of sulfonamides is 1. The van der Waals surface area contributed by atoms with Gasteiger partial charge in [0.1, 0.15) is 0 Å². The molecule has 0 aliphatic carbocycles. The molecule has 0 atom stereocenters. The molecule has 0 aromatic carbocycles. The zero-order chi connectivity index (χ0) is 12.5. The van der Waals surface area contributed by atoms with Crippen molar-refractivity contribution in [2.75, 3.05) is 7.11 Å². The molecule has 0 saturated carbocycles. The van der Waals surface area contributed by atoms with Crippen molar-refractivity contribution in [2.24, 2.45) is 5.14 Å². The summed E-state index contributed by atoms with van der Waals surface area (Å²) in [4.78, 5) is 2.83. The Labute approximate surface area is 91.3 Å². The largest absolute Gasteiger partial charge is 0.480 e. The quantitative estimate of drug-likeness (QED) is 0.869. The van der Waals surface area contributed by atoms with Crippen LogP contribution >= 0.6 is 0 Å². The van der Waals surface area contributed by atoms with E-state index in [1.165, 1.54) is 6.92 Å². The molecule has 1 aromatic heterocycles. The van der Waals surface area contributed by atoms with Crippen LogP contribution in [0.3, 0.4) is 0 Å². The van der Waals surface area contributed by atoms with Crippen LogP contribution in [-0.2, 0) is 10.0 Å². The molecule has 0 spiro atoms. The molecule has 16 heavy (non-hydrogen) atoms. The number of methoxy groups -OCH3 is 1. The molecule has 0 unspecified atom stereocenters. The predicted molar refractivity (Wildman–Crippen MR) is 51.9 cm³/mol. The van der Waals surface area contributed by atoms with Gasteiger partial charge in [-0.3, -0.25) is 0 Å². The summed E-state index contributed by atoms with van der Waals surface area (Å²) < 4.78 is 52.5. The number of aryl methyl sites for hydroxylation is 1. The first kappa shape index (κ1) is 12.8. The maximum Gasteiger partial charge on any atom is 0.265 e. The molecule has 5 nitrogen and oxygen atoms in total. The summed E-state index contributed by atoms with van der Waals surface area (Å²) in [6, 6.07) is 0. The predicted octanol–water partition coefficient (Wildman–Crippen LogP) is 0.984. The number of pyridine rings is 1. The fourth-order valence-electron chi connectivity index (χ4n) is 1.27. The van der Waals surface area contributed by atoms with Gasteiger partial charge in [0.25, 0.3) is 6.43 Å². The van der Waals surface area contributed by atoms with Crippen molar-refractivity contribution in [3.05, 3.63) is 17.3 Å². The lowest BCUT2D eigenvalue weighted by Gasteiger charge is -2.12. The highest BCUT2D eigenvalue weighted by molar-refractivity contribution is 7.89. The van der Waals surface area contributed by atoms with E-state index in [4.69, 9.17) is 5.14 Å². The van der Waals surface area contributed by atoms with Crippen molar-refractivity contribution < 1.29 is 21.9 Å². The number of ether oxygens (including phenoxy) is 1. The van der Waals surface area contributed by atoms with E-state index in [0.29, 0.717) is 0 Å². The molecule has 1 rings (SSSR count). The first-order valence-electron chi connectivity index (χ1n) is 4.13. The fourth-order valence-corrected chi connectivity index (χ4v) is 2.21. The molecule has 0 radical (unpaired) electrons. The van der Waals surface area contributed by atoms with Crippen LogP contribution in [0.1, 0.15) is 17.6 Å². The molecule has 0 aliphatic rings. The SMILES string of the molecule is COc1ncc(C)c(C(F)F)c1S(N)(=O)=O. The molecule has 90 valence electrons. The van der Waals surface area contributed by atoms with Crippen LogP contribution in [0.5, 0.6) is 5.88 Å². The van der Waals surface area contributed by atoms with E-state index in [1.54, 1.807) is 0 Å². The van der Waals surface area contributed by atoms with Crippen LogP contribution in [0.2, 0.25) is 0 Å². The second kappa shape index (κ2) is 4.30. The van der Waals surface area contributed by atoms with Gasteiger partial charge in [0.15, 0.2) is 4.90 Å². The van der Waals surface area contributed by atoms with Crippen LogP contribution in [0, 0.1) is 6.92 Å². The minimum Gasteiger partial charge on any atom is -0.480 e. The highest BCUT2D eigenvalue weighted by atomic mass is 32.2. The summed E-state index contributed by atoms with van der Waals surface area (Å²) in [5.41, 5.74) is -0.630. The van der Waals surface area contributed by atoms with Gasteiger partial charge < -0.3 is 4.74 Å². The van der Waals surface area contributed by atoms with E-state index in [1.807, 2.05) is 0 Å². The van der Waals surface area contributed by atoms with E-state index in [9.17, 15) is 17.2 Å². The molecular weight excluding hydrogens is 242 g/mol. The Hall–Kier alpha value is -1.28. The van der Waals surface area contributed by atoms with Gasteiger partial charge in [-0.05, 0) is 12.5 Å². The summed E-state index contributed by atoms with van der Waals surface area (Å²) in [6.07, 6.45) is -1.86. The summed E-state index contributed by atoms with van der Waals surface area (Å²) in [5, 5.41) is 4.86. The minimum absolute atomic E-state index is 0.0415. The lowest BCUT2D eigenvalue weighted by atomic mass is 10.1. The van der Waals surface area contributed by atoms with E-state index in [2.05, 4.69) is 9.72 Å². The van der Waals surface area contributed by atoms with Gasteiger partial charge in [-0.1, -0.05) is 0 Å². The van der Waals surface area contributed by atoms with Crippen molar-refractivity contribution in [3.63, 3.8) is 0 Å². The fraction of sp³-hybridized carbons (Fsp3) is 0.375. The van der Waals surface area contributed by atoms with Gasteiger partial charge >= 0.3 is 0 Å². The van der Waals surface area contributed by atoms with Crippen molar-refractivity contribution in [1.29, 1.82) is 0 Å². The van der Waals surface area contributed by atoms with Gasteiger partial charge in [-0.15, -0.1) is 0 Å². The van der Waals surface area contributed by atoms with E-state index in [0.717, 1.165) is 13.3 Å². The Morgan fingerprint density at radius 2 is 2.06 bits per heavy atom. The van der Waals surface area contributed by atoms with Crippen molar-refractivity contribution in [1.82, 2.24) is 4.98 Å². The average molecular weight is 252 g/mol. The van der Waals surface area contributed by atoms with Crippen LogP contribution in [0.15, 0.2) is 11.1 Å². The van der Waals surface area contributed by atoms with Gasteiger partial charge in [0.2, 0.25) is 15.9 Å². The Morgan fingerprint density at radius 3 is 2.44 bits per heavy atom.